The second kappa shape index (κ2) is 10.3. The van der Waals surface area contributed by atoms with Crippen molar-refractivity contribution in [1.29, 1.82) is 0 Å². The molecule has 1 heterocycles. The van der Waals surface area contributed by atoms with E-state index in [4.69, 9.17) is 23.2 Å². The van der Waals surface area contributed by atoms with Crippen molar-refractivity contribution in [2.45, 2.75) is 33.1 Å². The summed E-state index contributed by atoms with van der Waals surface area (Å²) in [5.41, 5.74) is 1.25. The van der Waals surface area contributed by atoms with Gasteiger partial charge in [-0.1, -0.05) is 43.1 Å². The van der Waals surface area contributed by atoms with E-state index in [0.29, 0.717) is 28.7 Å². The molecule has 140 valence electrons. The molecule has 0 unspecified atom stereocenters. The molecule has 0 fully saturated rings. The number of benzene rings is 1. The summed E-state index contributed by atoms with van der Waals surface area (Å²) in [5, 5.41) is 4.04. The summed E-state index contributed by atoms with van der Waals surface area (Å²) in [6, 6.07) is 5.34. The summed E-state index contributed by atoms with van der Waals surface area (Å²) in [6.07, 6.45) is 5.89. The van der Waals surface area contributed by atoms with Crippen LogP contribution in [-0.2, 0) is 6.42 Å². The minimum absolute atomic E-state index is 0.244. The van der Waals surface area contributed by atoms with Gasteiger partial charge in [-0.25, -0.2) is 9.97 Å². The maximum Gasteiger partial charge on any atom is 0.271 e. The molecule has 26 heavy (non-hydrogen) atoms. The van der Waals surface area contributed by atoms with E-state index in [0.717, 1.165) is 37.3 Å². The topological polar surface area (TPSA) is 58.1 Å². The smallest absolute Gasteiger partial charge is 0.271 e. The van der Waals surface area contributed by atoms with Gasteiger partial charge in [-0.05, 0) is 37.0 Å². The molecule has 0 bridgehead atoms. The first-order chi connectivity index (χ1) is 12.5. The lowest BCUT2D eigenvalue weighted by Crippen LogP contribution is -2.28. The highest BCUT2D eigenvalue weighted by Crippen LogP contribution is 2.21. The van der Waals surface area contributed by atoms with Crippen LogP contribution in [0.2, 0.25) is 10.0 Å². The first kappa shape index (κ1) is 20.5. The van der Waals surface area contributed by atoms with Crippen LogP contribution in [0.25, 0.3) is 0 Å². The molecule has 0 atom stereocenters. The summed E-state index contributed by atoms with van der Waals surface area (Å²) in [7, 11) is 0. The van der Waals surface area contributed by atoms with Crippen LogP contribution in [0.15, 0.2) is 30.6 Å². The Morgan fingerprint density at radius 3 is 2.42 bits per heavy atom. The lowest BCUT2D eigenvalue weighted by molar-refractivity contribution is 0.0949. The minimum Gasteiger partial charge on any atom is -0.355 e. The van der Waals surface area contributed by atoms with Gasteiger partial charge in [-0.2, -0.15) is 0 Å². The zero-order chi connectivity index (χ0) is 18.9. The Hall–Kier alpha value is -1.85. The van der Waals surface area contributed by atoms with Crippen molar-refractivity contribution < 1.29 is 4.79 Å². The predicted molar refractivity (Wildman–Crippen MR) is 107 cm³/mol. The Morgan fingerprint density at radius 2 is 1.85 bits per heavy atom. The zero-order valence-electron chi connectivity index (χ0n) is 15.1. The average molecular weight is 395 g/mol. The van der Waals surface area contributed by atoms with Gasteiger partial charge in [0.05, 0.1) is 12.4 Å². The summed E-state index contributed by atoms with van der Waals surface area (Å²) < 4.78 is 0. The summed E-state index contributed by atoms with van der Waals surface area (Å²) in [5.74, 6) is 0.560. The molecular formula is C19H24Cl2N4O. The highest BCUT2D eigenvalue weighted by molar-refractivity contribution is 6.35. The van der Waals surface area contributed by atoms with E-state index in [1.54, 1.807) is 18.3 Å². The van der Waals surface area contributed by atoms with Crippen LogP contribution in [0.4, 0.5) is 5.82 Å². The number of rotatable bonds is 9. The first-order valence-corrected chi connectivity index (χ1v) is 9.59. The second-order valence-electron chi connectivity index (χ2n) is 5.99. The maximum atomic E-state index is 12.2. The second-order valence-corrected chi connectivity index (χ2v) is 6.83. The van der Waals surface area contributed by atoms with Crippen LogP contribution >= 0.6 is 23.2 Å². The minimum atomic E-state index is -0.244. The van der Waals surface area contributed by atoms with E-state index in [-0.39, 0.29) is 5.91 Å². The molecule has 0 aliphatic carbocycles. The van der Waals surface area contributed by atoms with E-state index < -0.39 is 0 Å². The average Bonchev–Trinajstić information content (AvgIpc) is 2.63. The van der Waals surface area contributed by atoms with Crippen molar-refractivity contribution >= 4 is 34.9 Å². The Balaban J connectivity index is 1.91. The first-order valence-electron chi connectivity index (χ1n) is 8.84. The third kappa shape index (κ3) is 5.85. The van der Waals surface area contributed by atoms with Crippen molar-refractivity contribution in [2.75, 3.05) is 24.5 Å². The van der Waals surface area contributed by atoms with E-state index in [9.17, 15) is 4.79 Å². The van der Waals surface area contributed by atoms with Crippen LogP contribution in [0.3, 0.4) is 0 Å². The number of halogens is 2. The number of nitrogens with zero attached hydrogens (tertiary/aromatic N) is 3. The fourth-order valence-corrected chi connectivity index (χ4v) is 3.11. The predicted octanol–water partition coefficient (Wildman–Crippen LogP) is 4.38. The molecule has 1 amide bonds. The van der Waals surface area contributed by atoms with Crippen LogP contribution < -0.4 is 10.2 Å². The highest BCUT2D eigenvalue weighted by Gasteiger charge is 2.11. The lowest BCUT2D eigenvalue weighted by Gasteiger charge is -2.22. The Morgan fingerprint density at radius 1 is 1.12 bits per heavy atom. The van der Waals surface area contributed by atoms with Crippen LogP contribution in [-0.4, -0.2) is 35.5 Å². The molecule has 1 N–H and O–H groups in total. The number of carbonyl (C=O) groups excluding carboxylic acids is 1. The Bertz CT molecular complexity index is 716. The van der Waals surface area contributed by atoms with E-state index in [1.807, 2.05) is 6.07 Å². The molecule has 5 nitrogen and oxygen atoms in total. The number of carbonyl (C=O) groups is 1. The molecule has 0 aliphatic rings. The molecule has 0 aliphatic heterocycles. The van der Waals surface area contributed by atoms with Gasteiger partial charge in [0.1, 0.15) is 11.5 Å². The summed E-state index contributed by atoms with van der Waals surface area (Å²) >= 11 is 12.0. The number of hydrogen-bond acceptors (Lipinski definition) is 4. The van der Waals surface area contributed by atoms with E-state index in [2.05, 4.69) is 34.0 Å². The third-order valence-corrected chi connectivity index (χ3v) is 4.46. The van der Waals surface area contributed by atoms with Crippen LogP contribution in [0.5, 0.6) is 0 Å². The van der Waals surface area contributed by atoms with Crippen LogP contribution in [0.1, 0.15) is 42.7 Å². The zero-order valence-corrected chi connectivity index (χ0v) is 16.6. The van der Waals surface area contributed by atoms with E-state index >= 15 is 0 Å². The molecule has 0 saturated heterocycles. The van der Waals surface area contributed by atoms with Crippen molar-refractivity contribution in [3.05, 3.63) is 51.9 Å². The molecule has 0 saturated carbocycles. The van der Waals surface area contributed by atoms with E-state index in [1.165, 1.54) is 6.20 Å². The van der Waals surface area contributed by atoms with Gasteiger partial charge in [0.25, 0.3) is 5.91 Å². The summed E-state index contributed by atoms with van der Waals surface area (Å²) in [6.45, 7) is 6.57. The molecule has 1 aromatic carbocycles. The number of hydrogen-bond donors (Lipinski definition) is 1. The molecule has 2 aromatic rings. The lowest BCUT2D eigenvalue weighted by atomic mass is 10.1. The number of amides is 1. The fraction of sp³-hybridized carbons (Fsp3) is 0.421. The SMILES string of the molecule is CCCN(CCC)c1cnc(C(=O)NCCc2ccc(Cl)cc2Cl)cn1. The number of aromatic nitrogens is 2. The van der Waals surface area contributed by atoms with Gasteiger partial charge in [0.15, 0.2) is 0 Å². The number of anilines is 1. The standard InChI is InChI=1S/C19H24Cl2N4O/c1-3-9-25(10-4-2)18-13-23-17(12-24-18)19(26)22-8-7-14-5-6-15(20)11-16(14)21/h5-6,11-13H,3-4,7-10H2,1-2H3,(H,22,26). The van der Waals surface area contributed by atoms with Crippen LogP contribution in [0, 0.1) is 0 Å². The van der Waals surface area contributed by atoms with Gasteiger partial charge in [-0.3, -0.25) is 4.79 Å². The molecule has 0 radical (unpaired) electrons. The molecule has 0 spiro atoms. The molecule has 1 aromatic heterocycles. The fourth-order valence-electron chi connectivity index (χ4n) is 2.61. The van der Waals surface area contributed by atoms with Crippen molar-refractivity contribution in [1.82, 2.24) is 15.3 Å². The third-order valence-electron chi connectivity index (χ3n) is 3.88. The van der Waals surface area contributed by atoms with Crippen molar-refractivity contribution in [3.8, 4) is 0 Å². The highest BCUT2D eigenvalue weighted by atomic mass is 35.5. The van der Waals surface area contributed by atoms with Gasteiger partial charge in [-0.15, -0.1) is 0 Å². The van der Waals surface area contributed by atoms with Gasteiger partial charge in [0, 0.05) is 29.7 Å². The largest absolute Gasteiger partial charge is 0.355 e. The maximum absolute atomic E-state index is 12.2. The van der Waals surface area contributed by atoms with Gasteiger partial charge < -0.3 is 10.2 Å². The van der Waals surface area contributed by atoms with Gasteiger partial charge >= 0.3 is 0 Å². The van der Waals surface area contributed by atoms with Crippen molar-refractivity contribution in [3.63, 3.8) is 0 Å². The number of nitrogens with one attached hydrogen (secondary N) is 1. The molecular weight excluding hydrogens is 371 g/mol. The Kier molecular flexibility index (Phi) is 8.13. The normalized spacial score (nSPS) is 10.6. The Labute approximate surface area is 164 Å². The van der Waals surface area contributed by atoms with Gasteiger partial charge in [0.2, 0.25) is 0 Å². The quantitative estimate of drug-likeness (QED) is 0.685. The van der Waals surface area contributed by atoms with Crippen molar-refractivity contribution in [2.24, 2.45) is 0 Å². The molecule has 7 heteroatoms. The monoisotopic (exact) mass is 394 g/mol. The summed E-state index contributed by atoms with van der Waals surface area (Å²) in [4.78, 5) is 23.1. The molecule has 2 rings (SSSR count).